The smallest absolute Gasteiger partial charge is 0.170 e. The standard InChI is InChI=1S/C21H15FO2/c22-16-11-9-14(10-12-16)17-7-4-8-18-19(23)13-20(24-21(17)18)15-5-2-1-3-6-15/h1-12,20H,13H2. The summed E-state index contributed by atoms with van der Waals surface area (Å²) in [7, 11) is 0. The predicted molar refractivity (Wildman–Crippen MR) is 90.6 cm³/mol. The zero-order chi connectivity index (χ0) is 16.5. The van der Waals surface area contributed by atoms with Crippen molar-refractivity contribution in [2.45, 2.75) is 12.5 Å². The first kappa shape index (κ1) is 14.6. The fourth-order valence-electron chi connectivity index (χ4n) is 3.06. The molecule has 0 saturated carbocycles. The summed E-state index contributed by atoms with van der Waals surface area (Å²) in [4.78, 5) is 12.6. The first-order valence-corrected chi connectivity index (χ1v) is 7.86. The van der Waals surface area contributed by atoms with Gasteiger partial charge in [0.1, 0.15) is 17.7 Å². The number of ketones is 1. The van der Waals surface area contributed by atoms with Crippen LogP contribution in [0.1, 0.15) is 28.4 Å². The highest BCUT2D eigenvalue weighted by atomic mass is 19.1. The average Bonchev–Trinajstić information content (AvgIpc) is 2.63. The van der Waals surface area contributed by atoms with E-state index in [4.69, 9.17) is 4.74 Å². The first-order valence-electron chi connectivity index (χ1n) is 7.86. The quantitative estimate of drug-likeness (QED) is 0.649. The molecule has 3 heteroatoms. The van der Waals surface area contributed by atoms with Crippen LogP contribution in [0.3, 0.4) is 0 Å². The number of halogens is 1. The lowest BCUT2D eigenvalue weighted by Gasteiger charge is -2.27. The van der Waals surface area contributed by atoms with Gasteiger partial charge < -0.3 is 4.74 Å². The molecule has 4 rings (SSSR count). The lowest BCUT2D eigenvalue weighted by Crippen LogP contribution is -2.20. The molecule has 0 saturated heterocycles. The number of para-hydroxylation sites is 1. The van der Waals surface area contributed by atoms with Gasteiger partial charge in [0, 0.05) is 5.56 Å². The van der Waals surface area contributed by atoms with Crippen LogP contribution in [0.4, 0.5) is 4.39 Å². The molecule has 0 fully saturated rings. The van der Waals surface area contributed by atoms with E-state index in [1.54, 1.807) is 18.2 Å². The van der Waals surface area contributed by atoms with Crippen LogP contribution in [-0.2, 0) is 0 Å². The third-order valence-corrected chi connectivity index (χ3v) is 4.27. The minimum atomic E-state index is -0.298. The van der Waals surface area contributed by atoms with E-state index in [9.17, 15) is 9.18 Å². The van der Waals surface area contributed by atoms with Crippen LogP contribution in [0.5, 0.6) is 5.75 Å². The molecular weight excluding hydrogens is 303 g/mol. The van der Waals surface area contributed by atoms with Crippen molar-refractivity contribution in [2.24, 2.45) is 0 Å². The Kier molecular flexibility index (Phi) is 3.62. The van der Waals surface area contributed by atoms with Gasteiger partial charge in [0.05, 0.1) is 12.0 Å². The Labute approximate surface area is 139 Å². The van der Waals surface area contributed by atoms with Crippen molar-refractivity contribution in [1.82, 2.24) is 0 Å². The van der Waals surface area contributed by atoms with Crippen molar-refractivity contribution in [3.05, 3.63) is 89.7 Å². The minimum absolute atomic E-state index is 0.0639. The Morgan fingerprint density at radius 1 is 0.833 bits per heavy atom. The minimum Gasteiger partial charge on any atom is -0.484 e. The van der Waals surface area contributed by atoms with Gasteiger partial charge in [-0.05, 0) is 29.3 Å². The zero-order valence-electron chi connectivity index (χ0n) is 12.9. The molecule has 1 atom stereocenters. The van der Waals surface area contributed by atoms with Gasteiger partial charge in [-0.2, -0.15) is 0 Å². The van der Waals surface area contributed by atoms with Gasteiger partial charge in [0.15, 0.2) is 5.78 Å². The number of hydrogen-bond acceptors (Lipinski definition) is 2. The van der Waals surface area contributed by atoms with Gasteiger partial charge in [0.2, 0.25) is 0 Å². The number of fused-ring (bicyclic) bond motifs is 1. The molecule has 1 unspecified atom stereocenters. The summed E-state index contributed by atoms with van der Waals surface area (Å²) in [5.74, 6) is 0.353. The average molecular weight is 318 g/mol. The van der Waals surface area contributed by atoms with Gasteiger partial charge in [-0.15, -0.1) is 0 Å². The number of carbonyl (C=O) groups excluding carboxylic acids is 1. The van der Waals surface area contributed by atoms with Gasteiger partial charge >= 0.3 is 0 Å². The second-order valence-electron chi connectivity index (χ2n) is 5.83. The predicted octanol–water partition coefficient (Wildman–Crippen LogP) is 5.20. The summed E-state index contributed by atoms with van der Waals surface area (Å²) in [5.41, 5.74) is 3.20. The molecule has 0 bridgehead atoms. The van der Waals surface area contributed by atoms with E-state index in [2.05, 4.69) is 0 Å². The molecule has 0 amide bonds. The van der Waals surface area contributed by atoms with Crippen LogP contribution in [0, 0.1) is 5.82 Å². The van der Waals surface area contributed by atoms with Gasteiger partial charge in [0.25, 0.3) is 0 Å². The molecule has 3 aromatic carbocycles. The van der Waals surface area contributed by atoms with Crippen molar-refractivity contribution in [3.8, 4) is 16.9 Å². The fourth-order valence-corrected chi connectivity index (χ4v) is 3.06. The Morgan fingerprint density at radius 2 is 1.54 bits per heavy atom. The third-order valence-electron chi connectivity index (χ3n) is 4.27. The molecule has 2 nitrogen and oxygen atoms in total. The van der Waals surface area contributed by atoms with E-state index in [-0.39, 0.29) is 17.7 Å². The van der Waals surface area contributed by atoms with Crippen molar-refractivity contribution < 1.29 is 13.9 Å². The Balaban J connectivity index is 1.80. The summed E-state index contributed by atoms with van der Waals surface area (Å²) in [6.45, 7) is 0. The number of hydrogen-bond donors (Lipinski definition) is 0. The SMILES string of the molecule is O=C1CC(c2ccccc2)Oc2c1cccc2-c1ccc(F)cc1. The number of ether oxygens (including phenoxy) is 1. The van der Waals surface area contributed by atoms with E-state index < -0.39 is 0 Å². The molecule has 0 aliphatic carbocycles. The van der Waals surface area contributed by atoms with Crippen LogP contribution in [-0.4, -0.2) is 5.78 Å². The second kappa shape index (κ2) is 5.93. The monoisotopic (exact) mass is 318 g/mol. The normalized spacial score (nSPS) is 16.4. The highest BCUT2D eigenvalue weighted by molar-refractivity contribution is 6.02. The Hall–Kier alpha value is -2.94. The molecule has 0 radical (unpaired) electrons. The van der Waals surface area contributed by atoms with Gasteiger partial charge in [-0.3, -0.25) is 4.79 Å². The summed E-state index contributed by atoms with van der Waals surface area (Å²) < 4.78 is 19.4. The molecule has 1 aliphatic rings. The Morgan fingerprint density at radius 3 is 2.29 bits per heavy atom. The maximum Gasteiger partial charge on any atom is 0.170 e. The maximum absolute atomic E-state index is 13.2. The molecule has 118 valence electrons. The molecule has 0 spiro atoms. The second-order valence-corrected chi connectivity index (χ2v) is 5.83. The molecule has 0 aromatic heterocycles. The third kappa shape index (κ3) is 2.58. The van der Waals surface area contributed by atoms with Gasteiger partial charge in [-0.1, -0.05) is 54.6 Å². The van der Waals surface area contributed by atoms with Crippen molar-refractivity contribution >= 4 is 5.78 Å². The Bertz CT molecular complexity index is 885. The van der Waals surface area contributed by atoms with Crippen molar-refractivity contribution in [1.29, 1.82) is 0 Å². The fraction of sp³-hybridized carbons (Fsp3) is 0.0952. The van der Waals surface area contributed by atoms with E-state index in [0.29, 0.717) is 17.7 Å². The van der Waals surface area contributed by atoms with E-state index >= 15 is 0 Å². The number of carbonyl (C=O) groups is 1. The van der Waals surface area contributed by atoms with Crippen molar-refractivity contribution in [2.75, 3.05) is 0 Å². The number of rotatable bonds is 2. The summed E-state index contributed by atoms with van der Waals surface area (Å²) in [6, 6.07) is 21.5. The van der Waals surface area contributed by atoms with Gasteiger partial charge in [-0.25, -0.2) is 4.39 Å². The van der Waals surface area contributed by atoms with E-state index in [1.807, 2.05) is 42.5 Å². The topological polar surface area (TPSA) is 26.3 Å². The lowest BCUT2D eigenvalue weighted by molar-refractivity contribution is 0.0851. The van der Waals surface area contributed by atoms with E-state index in [0.717, 1.165) is 16.7 Å². The van der Waals surface area contributed by atoms with Crippen LogP contribution >= 0.6 is 0 Å². The van der Waals surface area contributed by atoms with Crippen LogP contribution in [0.25, 0.3) is 11.1 Å². The molecule has 1 aliphatic heterocycles. The highest BCUT2D eigenvalue weighted by Gasteiger charge is 2.29. The molecule has 24 heavy (non-hydrogen) atoms. The number of benzene rings is 3. The largest absolute Gasteiger partial charge is 0.484 e. The number of Topliss-reactive ketones (excluding diaryl/α,β-unsaturated/α-hetero) is 1. The summed E-state index contributed by atoms with van der Waals surface area (Å²) in [5, 5.41) is 0. The summed E-state index contributed by atoms with van der Waals surface area (Å²) >= 11 is 0. The highest BCUT2D eigenvalue weighted by Crippen LogP contribution is 2.41. The molecular formula is C21H15FO2. The molecule has 0 N–H and O–H groups in total. The van der Waals surface area contributed by atoms with Crippen LogP contribution in [0.15, 0.2) is 72.8 Å². The first-order chi connectivity index (χ1) is 11.7. The zero-order valence-corrected chi connectivity index (χ0v) is 12.9. The molecule has 3 aromatic rings. The van der Waals surface area contributed by atoms with Crippen LogP contribution in [0.2, 0.25) is 0 Å². The lowest BCUT2D eigenvalue weighted by atomic mass is 9.92. The van der Waals surface area contributed by atoms with E-state index in [1.165, 1.54) is 12.1 Å². The van der Waals surface area contributed by atoms with Crippen LogP contribution < -0.4 is 4.74 Å². The molecule has 1 heterocycles. The van der Waals surface area contributed by atoms with Crippen molar-refractivity contribution in [3.63, 3.8) is 0 Å². The maximum atomic E-state index is 13.2. The summed E-state index contributed by atoms with van der Waals surface area (Å²) in [6.07, 6.45) is 0.0250.